The molecule has 0 saturated carbocycles. The maximum absolute atomic E-state index is 13.6. The fraction of sp³-hybridized carbons (Fsp3) is 0.300. The Bertz CT molecular complexity index is 889. The molecule has 0 bridgehead atoms. The van der Waals surface area contributed by atoms with Crippen molar-refractivity contribution in [3.05, 3.63) is 65.7 Å². The van der Waals surface area contributed by atoms with Crippen LogP contribution in [0.15, 0.2) is 48.5 Å². The second kappa shape index (κ2) is 7.05. The van der Waals surface area contributed by atoms with Gasteiger partial charge in [0.2, 0.25) is 0 Å². The van der Waals surface area contributed by atoms with Crippen molar-refractivity contribution < 1.29 is 14.3 Å². The molecule has 130 valence electrons. The number of carbonyl (C=O) groups is 1. The van der Waals surface area contributed by atoms with Gasteiger partial charge < -0.3 is 9.67 Å². The van der Waals surface area contributed by atoms with E-state index in [2.05, 4.69) is 9.55 Å². The molecule has 4 nitrogen and oxygen atoms in total. The van der Waals surface area contributed by atoms with Crippen LogP contribution in [0.5, 0.6) is 0 Å². The lowest BCUT2D eigenvalue weighted by molar-refractivity contribution is -0.141. The van der Waals surface area contributed by atoms with E-state index < -0.39 is 11.9 Å². The third-order valence-electron chi connectivity index (χ3n) is 4.54. The minimum Gasteiger partial charge on any atom is -0.481 e. The zero-order chi connectivity index (χ0) is 18.0. The number of halogens is 1. The highest BCUT2D eigenvalue weighted by Crippen LogP contribution is 2.32. The van der Waals surface area contributed by atoms with Crippen LogP contribution in [-0.2, 0) is 11.2 Å². The molecule has 0 fully saturated rings. The van der Waals surface area contributed by atoms with Gasteiger partial charge in [-0.05, 0) is 24.1 Å². The van der Waals surface area contributed by atoms with Gasteiger partial charge in [-0.1, -0.05) is 44.2 Å². The summed E-state index contributed by atoms with van der Waals surface area (Å²) in [5, 5.41) is 9.38. The Balaban J connectivity index is 2.18. The Labute approximate surface area is 145 Å². The van der Waals surface area contributed by atoms with E-state index in [9.17, 15) is 14.3 Å². The van der Waals surface area contributed by atoms with Gasteiger partial charge in [-0.25, -0.2) is 9.37 Å². The first kappa shape index (κ1) is 17.1. The van der Waals surface area contributed by atoms with Gasteiger partial charge >= 0.3 is 5.97 Å². The number of fused-ring (bicyclic) bond motifs is 1. The van der Waals surface area contributed by atoms with Crippen molar-refractivity contribution in [2.75, 3.05) is 0 Å². The van der Waals surface area contributed by atoms with Crippen LogP contribution in [0.3, 0.4) is 0 Å². The van der Waals surface area contributed by atoms with Gasteiger partial charge in [0.05, 0.1) is 23.0 Å². The Morgan fingerprint density at radius 2 is 1.96 bits per heavy atom. The van der Waals surface area contributed by atoms with Crippen LogP contribution in [-0.4, -0.2) is 20.6 Å². The van der Waals surface area contributed by atoms with Gasteiger partial charge in [0, 0.05) is 12.5 Å². The molecule has 1 aromatic heterocycles. The van der Waals surface area contributed by atoms with E-state index >= 15 is 0 Å². The molecule has 0 saturated heterocycles. The number of carboxylic acids is 1. The number of nitrogens with zero attached hydrogens (tertiary/aromatic N) is 2. The number of rotatable bonds is 6. The molecule has 2 aromatic carbocycles. The normalized spacial score (nSPS) is 13.7. The van der Waals surface area contributed by atoms with Gasteiger partial charge in [-0.15, -0.1) is 0 Å². The number of hydrogen-bond acceptors (Lipinski definition) is 2. The second-order valence-corrected chi connectivity index (χ2v) is 6.29. The van der Waals surface area contributed by atoms with Crippen LogP contribution in [0.25, 0.3) is 11.0 Å². The van der Waals surface area contributed by atoms with E-state index in [1.165, 1.54) is 12.1 Å². The molecule has 2 unspecified atom stereocenters. The highest BCUT2D eigenvalue weighted by molar-refractivity contribution is 5.76. The van der Waals surface area contributed by atoms with Crippen molar-refractivity contribution in [1.29, 1.82) is 0 Å². The van der Waals surface area contributed by atoms with Crippen molar-refractivity contribution in [2.24, 2.45) is 5.92 Å². The molecule has 5 heteroatoms. The van der Waals surface area contributed by atoms with E-state index in [0.29, 0.717) is 18.4 Å². The fourth-order valence-corrected chi connectivity index (χ4v) is 3.22. The third-order valence-corrected chi connectivity index (χ3v) is 4.54. The lowest BCUT2D eigenvalue weighted by Gasteiger charge is -2.24. The molecule has 0 aliphatic carbocycles. The summed E-state index contributed by atoms with van der Waals surface area (Å²) in [6.45, 7) is 3.71. The fourth-order valence-electron chi connectivity index (χ4n) is 3.22. The van der Waals surface area contributed by atoms with Crippen LogP contribution in [0, 0.1) is 11.7 Å². The standard InChI is InChI=1S/C20H21FN2O2/c1-3-19-22-16-12-15(21)9-10-17(16)23(19)18(11-13(2)20(24)25)14-7-5-4-6-8-14/h4-10,12-13,18H,3,11H2,1-2H3,(H,24,25). The Morgan fingerprint density at radius 3 is 2.60 bits per heavy atom. The number of hydrogen-bond donors (Lipinski definition) is 1. The molecule has 3 aromatic rings. The number of aryl methyl sites for hydroxylation is 1. The first-order valence-corrected chi connectivity index (χ1v) is 8.45. The van der Waals surface area contributed by atoms with Crippen molar-refractivity contribution in [2.45, 2.75) is 32.7 Å². The molecular formula is C20H21FN2O2. The maximum Gasteiger partial charge on any atom is 0.306 e. The summed E-state index contributed by atoms with van der Waals surface area (Å²) in [5.41, 5.74) is 2.44. The molecule has 2 atom stereocenters. The number of imidazole rings is 1. The van der Waals surface area contributed by atoms with Crippen molar-refractivity contribution in [3.63, 3.8) is 0 Å². The highest BCUT2D eigenvalue weighted by Gasteiger charge is 2.25. The van der Waals surface area contributed by atoms with Gasteiger partial charge in [0.25, 0.3) is 0 Å². The van der Waals surface area contributed by atoms with Crippen LogP contribution in [0.2, 0.25) is 0 Å². The minimum absolute atomic E-state index is 0.169. The highest BCUT2D eigenvalue weighted by atomic mass is 19.1. The minimum atomic E-state index is -0.825. The van der Waals surface area contributed by atoms with Gasteiger partial charge in [0.15, 0.2) is 0 Å². The monoisotopic (exact) mass is 340 g/mol. The zero-order valence-corrected chi connectivity index (χ0v) is 14.3. The Morgan fingerprint density at radius 1 is 1.24 bits per heavy atom. The van der Waals surface area contributed by atoms with Crippen molar-refractivity contribution in [3.8, 4) is 0 Å². The lowest BCUT2D eigenvalue weighted by atomic mass is 9.95. The molecular weight excluding hydrogens is 319 g/mol. The number of benzene rings is 2. The van der Waals surface area contributed by atoms with Crippen molar-refractivity contribution >= 4 is 17.0 Å². The Hall–Kier alpha value is -2.69. The van der Waals surface area contributed by atoms with Crippen LogP contribution >= 0.6 is 0 Å². The average Bonchev–Trinajstić information content (AvgIpc) is 2.97. The van der Waals surface area contributed by atoms with Crippen LogP contribution in [0.1, 0.15) is 37.7 Å². The average molecular weight is 340 g/mol. The molecule has 1 N–H and O–H groups in total. The van der Waals surface area contributed by atoms with Crippen LogP contribution < -0.4 is 0 Å². The van der Waals surface area contributed by atoms with E-state index in [4.69, 9.17) is 0 Å². The molecule has 0 spiro atoms. The quantitative estimate of drug-likeness (QED) is 0.722. The summed E-state index contributed by atoms with van der Waals surface area (Å²) in [6, 6.07) is 14.2. The number of carboxylic acid groups (broad SMARTS) is 1. The summed E-state index contributed by atoms with van der Waals surface area (Å²) in [6.07, 6.45) is 1.12. The van der Waals surface area contributed by atoms with Gasteiger partial charge in [-0.2, -0.15) is 0 Å². The first-order valence-electron chi connectivity index (χ1n) is 8.45. The smallest absolute Gasteiger partial charge is 0.306 e. The third kappa shape index (κ3) is 3.40. The van der Waals surface area contributed by atoms with E-state index in [1.54, 1.807) is 13.0 Å². The topological polar surface area (TPSA) is 55.1 Å². The van der Waals surface area contributed by atoms with Crippen LogP contribution in [0.4, 0.5) is 4.39 Å². The number of aromatic nitrogens is 2. The molecule has 0 aliphatic heterocycles. The number of aliphatic carboxylic acids is 1. The summed E-state index contributed by atoms with van der Waals surface area (Å²) in [5.74, 6) is -0.829. The van der Waals surface area contributed by atoms with E-state index in [0.717, 1.165) is 16.9 Å². The predicted molar refractivity (Wildman–Crippen MR) is 95.1 cm³/mol. The first-order chi connectivity index (χ1) is 12.0. The summed E-state index contributed by atoms with van der Waals surface area (Å²) in [7, 11) is 0. The SMILES string of the molecule is CCc1nc2cc(F)ccc2n1C(CC(C)C(=O)O)c1ccccc1. The van der Waals surface area contributed by atoms with Crippen molar-refractivity contribution in [1.82, 2.24) is 9.55 Å². The lowest BCUT2D eigenvalue weighted by Crippen LogP contribution is -2.20. The van der Waals surface area contributed by atoms with E-state index in [-0.39, 0.29) is 11.9 Å². The molecule has 1 heterocycles. The molecule has 3 rings (SSSR count). The van der Waals surface area contributed by atoms with Gasteiger partial charge in [-0.3, -0.25) is 4.79 Å². The maximum atomic E-state index is 13.6. The molecule has 25 heavy (non-hydrogen) atoms. The Kier molecular flexibility index (Phi) is 4.83. The molecule has 0 aliphatic rings. The largest absolute Gasteiger partial charge is 0.481 e. The van der Waals surface area contributed by atoms with E-state index in [1.807, 2.05) is 37.3 Å². The molecule has 0 amide bonds. The summed E-state index contributed by atoms with van der Waals surface area (Å²) < 4.78 is 15.7. The second-order valence-electron chi connectivity index (χ2n) is 6.29. The molecule has 0 radical (unpaired) electrons. The van der Waals surface area contributed by atoms with Gasteiger partial charge in [0.1, 0.15) is 11.6 Å². The zero-order valence-electron chi connectivity index (χ0n) is 14.3. The summed E-state index contributed by atoms with van der Waals surface area (Å²) >= 11 is 0. The summed E-state index contributed by atoms with van der Waals surface area (Å²) in [4.78, 5) is 16.0. The predicted octanol–water partition coefficient (Wildman–Crippen LogP) is 4.44.